The Kier molecular flexibility index (Phi) is 5.88. The summed E-state index contributed by atoms with van der Waals surface area (Å²) in [6.07, 6.45) is 0.823. The number of aryl methyl sites for hydroxylation is 3. The number of carbonyl (C=O) groups excluding carboxylic acids is 1. The van der Waals surface area contributed by atoms with E-state index in [1.54, 1.807) is 17.4 Å². The summed E-state index contributed by atoms with van der Waals surface area (Å²) >= 11 is 1.59. The number of aromatic nitrogens is 2. The molecule has 0 aliphatic heterocycles. The molecule has 0 saturated heterocycles. The largest absolute Gasteiger partial charge is 0.457 e. The van der Waals surface area contributed by atoms with E-state index in [1.165, 1.54) is 0 Å². The number of fused-ring (bicyclic) bond motifs is 1. The first-order valence-corrected chi connectivity index (χ1v) is 11.1. The predicted molar refractivity (Wildman–Crippen MR) is 123 cm³/mol. The fraction of sp³-hybridized carbons (Fsp3) is 0.240. The first-order valence-electron chi connectivity index (χ1n) is 10.3. The van der Waals surface area contributed by atoms with E-state index in [2.05, 4.69) is 24.5 Å². The molecule has 4 aromatic rings. The summed E-state index contributed by atoms with van der Waals surface area (Å²) in [5.74, 6) is 0.650. The topological polar surface area (TPSA) is 67.9 Å². The zero-order valence-corrected chi connectivity index (χ0v) is 18.6. The highest BCUT2D eigenvalue weighted by Crippen LogP contribution is 2.32. The van der Waals surface area contributed by atoms with Crippen LogP contribution in [0.1, 0.15) is 46.0 Å². The summed E-state index contributed by atoms with van der Waals surface area (Å²) in [7, 11) is 0. The average molecular weight is 430 g/mol. The third-order valence-corrected chi connectivity index (χ3v) is 6.48. The van der Waals surface area contributed by atoms with Crippen molar-refractivity contribution >= 4 is 27.7 Å². The van der Waals surface area contributed by atoms with Crippen LogP contribution in [0.3, 0.4) is 0 Å². The summed E-state index contributed by atoms with van der Waals surface area (Å²) in [5, 5.41) is 9.30. The molecule has 0 bridgehead atoms. The third-order valence-electron chi connectivity index (χ3n) is 5.36. The number of carbonyl (C=O) groups is 1. The second-order valence-corrected chi connectivity index (χ2v) is 8.45. The van der Waals surface area contributed by atoms with E-state index >= 15 is 0 Å². The first kappa shape index (κ1) is 20.8. The van der Waals surface area contributed by atoms with Gasteiger partial charge in [-0.15, -0.1) is 11.3 Å². The lowest BCUT2D eigenvalue weighted by Gasteiger charge is -2.07. The lowest BCUT2D eigenvalue weighted by atomic mass is 9.99. The van der Waals surface area contributed by atoms with E-state index < -0.39 is 0 Å². The zero-order chi connectivity index (χ0) is 22.0. The minimum Gasteiger partial charge on any atom is -0.457 e. The second-order valence-electron chi connectivity index (χ2n) is 7.24. The number of imidazole rings is 1. The minimum absolute atomic E-state index is 0.185. The average Bonchev–Trinajstić information content (AvgIpc) is 3.31. The fourth-order valence-corrected chi connectivity index (χ4v) is 4.94. The van der Waals surface area contributed by atoms with Crippen LogP contribution in [0.15, 0.2) is 48.5 Å². The van der Waals surface area contributed by atoms with Gasteiger partial charge in [0.05, 0.1) is 11.6 Å². The molecule has 2 aromatic carbocycles. The summed E-state index contributed by atoms with van der Waals surface area (Å²) in [4.78, 5) is 19.5. The molecule has 156 valence electrons. The van der Waals surface area contributed by atoms with Gasteiger partial charge in [-0.1, -0.05) is 49.4 Å². The maximum Gasteiger partial charge on any atom is 0.341 e. The van der Waals surface area contributed by atoms with Crippen LogP contribution in [-0.4, -0.2) is 15.5 Å². The highest BCUT2D eigenvalue weighted by molar-refractivity contribution is 7.19. The maximum absolute atomic E-state index is 12.9. The van der Waals surface area contributed by atoms with Crippen LogP contribution in [0.4, 0.5) is 0 Å². The molecule has 0 saturated carbocycles. The summed E-state index contributed by atoms with van der Waals surface area (Å²) in [5.41, 5.74) is 4.69. The molecule has 0 N–H and O–H groups in total. The smallest absolute Gasteiger partial charge is 0.341 e. The number of benzene rings is 2. The molecule has 4 rings (SSSR count). The summed E-state index contributed by atoms with van der Waals surface area (Å²) < 4.78 is 7.80. The standard InChI is InChI=1S/C25H23N3O2S/c1-4-21-27-23-22(16(3)31-24(23)28(21)5-2)25(29)30-15-17-10-12-18(13-11-17)20-9-7-6-8-19(20)14-26/h6-13H,4-5,15H2,1-3H3. The van der Waals surface area contributed by atoms with Gasteiger partial charge in [0.15, 0.2) is 0 Å². The molecule has 0 atom stereocenters. The Morgan fingerprint density at radius 2 is 1.90 bits per heavy atom. The number of hydrogen-bond donors (Lipinski definition) is 0. The fourth-order valence-electron chi connectivity index (χ4n) is 3.78. The second kappa shape index (κ2) is 8.75. The van der Waals surface area contributed by atoms with Gasteiger partial charge in [0.25, 0.3) is 0 Å². The molecule has 6 heteroatoms. The molecule has 0 radical (unpaired) electrons. The van der Waals surface area contributed by atoms with Crippen molar-refractivity contribution in [3.63, 3.8) is 0 Å². The monoisotopic (exact) mass is 429 g/mol. The number of nitrogens with zero attached hydrogens (tertiary/aromatic N) is 3. The molecule has 0 aliphatic carbocycles. The molecule has 5 nitrogen and oxygen atoms in total. The Hall–Kier alpha value is -3.43. The van der Waals surface area contributed by atoms with E-state index in [0.717, 1.165) is 50.7 Å². The molecule has 0 spiro atoms. The minimum atomic E-state index is -0.342. The summed E-state index contributed by atoms with van der Waals surface area (Å²) in [6.45, 7) is 7.11. The van der Waals surface area contributed by atoms with E-state index in [1.807, 2.05) is 49.4 Å². The predicted octanol–water partition coefficient (Wildman–Crippen LogP) is 5.88. The third kappa shape index (κ3) is 3.85. The van der Waals surface area contributed by atoms with Gasteiger partial charge in [-0.3, -0.25) is 0 Å². The lowest BCUT2D eigenvalue weighted by Crippen LogP contribution is -2.06. The maximum atomic E-state index is 12.9. The lowest BCUT2D eigenvalue weighted by molar-refractivity contribution is 0.0474. The summed E-state index contributed by atoms with van der Waals surface area (Å²) in [6, 6.07) is 17.5. The zero-order valence-electron chi connectivity index (χ0n) is 17.8. The van der Waals surface area contributed by atoms with Gasteiger partial charge in [0, 0.05) is 17.8 Å². The van der Waals surface area contributed by atoms with Gasteiger partial charge in [-0.05, 0) is 36.6 Å². The van der Waals surface area contributed by atoms with Gasteiger partial charge in [0.1, 0.15) is 28.3 Å². The van der Waals surface area contributed by atoms with Crippen LogP contribution in [0.5, 0.6) is 0 Å². The van der Waals surface area contributed by atoms with Crippen LogP contribution >= 0.6 is 11.3 Å². The number of nitriles is 1. The van der Waals surface area contributed by atoms with Gasteiger partial charge >= 0.3 is 5.97 Å². The number of hydrogen-bond acceptors (Lipinski definition) is 5. The Morgan fingerprint density at radius 1 is 1.16 bits per heavy atom. The van der Waals surface area contributed by atoms with E-state index in [9.17, 15) is 10.1 Å². The SMILES string of the molecule is CCc1nc2c(C(=O)OCc3ccc(-c4ccccc4C#N)cc3)c(C)sc2n1CC. The van der Waals surface area contributed by atoms with Crippen molar-refractivity contribution in [1.82, 2.24) is 9.55 Å². The van der Waals surface area contributed by atoms with Crippen LogP contribution < -0.4 is 0 Å². The van der Waals surface area contributed by atoms with E-state index in [-0.39, 0.29) is 12.6 Å². The van der Waals surface area contributed by atoms with E-state index in [4.69, 9.17) is 9.72 Å². The van der Waals surface area contributed by atoms with Crippen molar-refractivity contribution in [2.24, 2.45) is 0 Å². The van der Waals surface area contributed by atoms with E-state index in [0.29, 0.717) is 11.1 Å². The van der Waals surface area contributed by atoms with Crippen LogP contribution in [0.2, 0.25) is 0 Å². The van der Waals surface area contributed by atoms with Gasteiger partial charge in [0.2, 0.25) is 0 Å². The number of thiophene rings is 1. The number of rotatable bonds is 6. The number of ether oxygens (including phenoxy) is 1. The van der Waals surface area contributed by atoms with Gasteiger partial charge in [-0.25, -0.2) is 9.78 Å². The molecule has 0 unspecified atom stereocenters. The van der Waals surface area contributed by atoms with Gasteiger partial charge < -0.3 is 9.30 Å². The van der Waals surface area contributed by atoms with Crippen molar-refractivity contribution < 1.29 is 9.53 Å². The molecule has 0 fully saturated rings. The van der Waals surface area contributed by atoms with Crippen molar-refractivity contribution in [3.05, 3.63) is 75.9 Å². The van der Waals surface area contributed by atoms with Crippen LogP contribution in [0, 0.1) is 18.3 Å². The highest BCUT2D eigenvalue weighted by Gasteiger charge is 2.23. The van der Waals surface area contributed by atoms with Crippen LogP contribution in [0.25, 0.3) is 21.5 Å². The molecule has 2 heterocycles. The molecular weight excluding hydrogens is 406 g/mol. The Balaban J connectivity index is 1.52. The van der Waals surface area contributed by atoms with Crippen molar-refractivity contribution in [2.45, 2.75) is 40.3 Å². The Morgan fingerprint density at radius 3 is 2.58 bits per heavy atom. The normalized spacial score (nSPS) is 10.9. The highest BCUT2D eigenvalue weighted by atomic mass is 32.1. The Labute approximate surface area is 185 Å². The molecule has 2 aromatic heterocycles. The quantitative estimate of drug-likeness (QED) is 0.359. The number of esters is 1. The molecular formula is C25H23N3O2S. The van der Waals surface area contributed by atoms with Crippen LogP contribution in [-0.2, 0) is 24.3 Å². The van der Waals surface area contributed by atoms with Crippen molar-refractivity contribution in [2.75, 3.05) is 0 Å². The first-order chi connectivity index (χ1) is 15.1. The Bertz CT molecular complexity index is 1290. The molecule has 31 heavy (non-hydrogen) atoms. The van der Waals surface area contributed by atoms with Crippen molar-refractivity contribution in [1.29, 1.82) is 5.26 Å². The van der Waals surface area contributed by atoms with Crippen molar-refractivity contribution in [3.8, 4) is 17.2 Å². The molecule has 0 amide bonds. The molecule has 0 aliphatic rings. The van der Waals surface area contributed by atoms with Gasteiger partial charge in [-0.2, -0.15) is 5.26 Å².